The van der Waals surface area contributed by atoms with Crippen LogP contribution in [0.25, 0.3) is 0 Å². The molecule has 1 N–H and O–H groups in total. The summed E-state index contributed by atoms with van der Waals surface area (Å²) in [5, 5.41) is 3.45. The van der Waals surface area contributed by atoms with Gasteiger partial charge >= 0.3 is 0 Å². The van der Waals surface area contributed by atoms with Crippen LogP contribution in [0.2, 0.25) is 0 Å². The fourth-order valence-corrected chi connectivity index (χ4v) is 3.04. The molecule has 2 nitrogen and oxygen atoms in total. The Labute approximate surface area is 115 Å². The topological polar surface area (TPSA) is 15.3 Å². The van der Waals surface area contributed by atoms with Gasteiger partial charge in [-0.3, -0.25) is 0 Å². The van der Waals surface area contributed by atoms with Crippen molar-refractivity contribution in [1.29, 1.82) is 0 Å². The fraction of sp³-hybridized carbons (Fsp3) is 0.600. The quantitative estimate of drug-likeness (QED) is 0.899. The number of benzene rings is 1. The summed E-state index contributed by atoms with van der Waals surface area (Å²) >= 11 is 2.08. The van der Waals surface area contributed by atoms with Gasteiger partial charge in [0.2, 0.25) is 0 Å². The molecule has 0 radical (unpaired) electrons. The molecule has 100 valence electrons. The lowest BCUT2D eigenvalue weighted by Gasteiger charge is -2.22. The van der Waals surface area contributed by atoms with Crippen molar-refractivity contribution >= 4 is 17.4 Å². The average molecular weight is 264 g/mol. The molecule has 1 heterocycles. The molecule has 0 atom stereocenters. The monoisotopic (exact) mass is 264 g/mol. The van der Waals surface area contributed by atoms with E-state index in [1.54, 1.807) is 0 Å². The van der Waals surface area contributed by atoms with Gasteiger partial charge in [0.25, 0.3) is 0 Å². The van der Waals surface area contributed by atoms with Crippen LogP contribution in [-0.2, 0) is 6.54 Å². The van der Waals surface area contributed by atoms with Gasteiger partial charge in [-0.15, -0.1) is 0 Å². The maximum atomic E-state index is 3.45. The highest BCUT2D eigenvalue weighted by Crippen LogP contribution is 2.19. The summed E-state index contributed by atoms with van der Waals surface area (Å²) in [6.07, 6.45) is 1.31. The van der Waals surface area contributed by atoms with Crippen LogP contribution in [0.15, 0.2) is 24.3 Å². The Morgan fingerprint density at radius 1 is 1.17 bits per heavy atom. The van der Waals surface area contributed by atoms with Crippen LogP contribution in [-0.4, -0.2) is 30.6 Å². The van der Waals surface area contributed by atoms with E-state index >= 15 is 0 Å². The molecule has 0 bridgehead atoms. The summed E-state index contributed by atoms with van der Waals surface area (Å²) < 4.78 is 0. The molecule has 1 aliphatic heterocycles. The fourth-order valence-electron chi connectivity index (χ4n) is 2.15. The number of nitrogens with zero attached hydrogens (tertiary/aromatic N) is 1. The van der Waals surface area contributed by atoms with Crippen LogP contribution in [0.4, 0.5) is 5.69 Å². The molecule has 1 aromatic carbocycles. The van der Waals surface area contributed by atoms with E-state index in [0.29, 0.717) is 6.04 Å². The standard InChI is InChI=1S/C15H24N2S/c1-13(2)16-12-14-4-6-15(7-5-14)17-8-3-10-18-11-9-17/h4-7,13,16H,3,8-12H2,1-2H3. The van der Waals surface area contributed by atoms with Crippen LogP contribution in [0, 0.1) is 0 Å². The molecule has 0 saturated carbocycles. The molecular weight excluding hydrogens is 240 g/mol. The Hall–Kier alpha value is -0.670. The number of hydrogen-bond acceptors (Lipinski definition) is 3. The first-order valence-corrected chi connectivity index (χ1v) is 8.06. The van der Waals surface area contributed by atoms with Crippen molar-refractivity contribution in [3.63, 3.8) is 0 Å². The first-order valence-electron chi connectivity index (χ1n) is 6.91. The maximum absolute atomic E-state index is 3.45. The third-order valence-electron chi connectivity index (χ3n) is 3.24. The smallest absolute Gasteiger partial charge is 0.0366 e. The Balaban J connectivity index is 1.93. The SMILES string of the molecule is CC(C)NCc1ccc(N2CCCSCC2)cc1. The lowest BCUT2D eigenvalue weighted by atomic mass is 10.2. The van der Waals surface area contributed by atoms with E-state index < -0.39 is 0 Å². The molecule has 1 saturated heterocycles. The van der Waals surface area contributed by atoms with Crippen molar-refractivity contribution in [2.45, 2.75) is 32.9 Å². The maximum Gasteiger partial charge on any atom is 0.0366 e. The average Bonchev–Trinajstić information content (AvgIpc) is 2.66. The lowest BCUT2D eigenvalue weighted by Crippen LogP contribution is -2.25. The molecule has 1 aromatic rings. The highest BCUT2D eigenvalue weighted by Gasteiger charge is 2.09. The minimum absolute atomic E-state index is 0.548. The predicted molar refractivity (Wildman–Crippen MR) is 82.6 cm³/mol. The number of thioether (sulfide) groups is 1. The Morgan fingerprint density at radius 3 is 2.67 bits per heavy atom. The highest BCUT2D eigenvalue weighted by molar-refractivity contribution is 7.99. The first-order chi connectivity index (χ1) is 8.75. The van der Waals surface area contributed by atoms with E-state index in [-0.39, 0.29) is 0 Å². The molecule has 1 aliphatic rings. The molecule has 1 fully saturated rings. The summed E-state index contributed by atoms with van der Waals surface area (Å²) in [7, 11) is 0. The zero-order valence-corrected chi connectivity index (χ0v) is 12.3. The minimum Gasteiger partial charge on any atom is -0.371 e. The van der Waals surface area contributed by atoms with Gasteiger partial charge in [-0.1, -0.05) is 26.0 Å². The highest BCUT2D eigenvalue weighted by atomic mass is 32.2. The van der Waals surface area contributed by atoms with Gasteiger partial charge in [0.05, 0.1) is 0 Å². The Morgan fingerprint density at radius 2 is 1.94 bits per heavy atom. The van der Waals surface area contributed by atoms with Crippen LogP contribution in [0.5, 0.6) is 0 Å². The van der Waals surface area contributed by atoms with Gasteiger partial charge in [0.1, 0.15) is 0 Å². The van der Waals surface area contributed by atoms with Crippen molar-refractivity contribution in [3.05, 3.63) is 29.8 Å². The van der Waals surface area contributed by atoms with E-state index in [9.17, 15) is 0 Å². The van der Waals surface area contributed by atoms with Gasteiger partial charge in [0.15, 0.2) is 0 Å². The molecule has 2 rings (SSSR count). The number of anilines is 1. The van der Waals surface area contributed by atoms with E-state index in [2.05, 4.69) is 60.1 Å². The Kier molecular flexibility index (Phi) is 5.39. The molecule has 0 aromatic heterocycles. The molecule has 3 heteroatoms. The third-order valence-corrected chi connectivity index (χ3v) is 4.29. The van der Waals surface area contributed by atoms with Gasteiger partial charge in [-0.2, -0.15) is 11.8 Å². The van der Waals surface area contributed by atoms with Crippen LogP contribution < -0.4 is 10.2 Å². The zero-order valence-electron chi connectivity index (χ0n) is 11.5. The van der Waals surface area contributed by atoms with Crippen molar-refractivity contribution in [2.75, 3.05) is 29.5 Å². The van der Waals surface area contributed by atoms with Gasteiger partial charge in [-0.25, -0.2) is 0 Å². The van der Waals surface area contributed by atoms with E-state index in [0.717, 1.165) is 6.54 Å². The van der Waals surface area contributed by atoms with Crippen LogP contribution >= 0.6 is 11.8 Å². The van der Waals surface area contributed by atoms with Gasteiger partial charge in [0, 0.05) is 37.1 Å². The van der Waals surface area contributed by atoms with E-state index in [1.165, 1.54) is 42.3 Å². The predicted octanol–water partition coefficient (Wildman–Crippen LogP) is 3.13. The third kappa shape index (κ3) is 4.21. The zero-order chi connectivity index (χ0) is 12.8. The second kappa shape index (κ2) is 7.05. The molecule has 0 unspecified atom stereocenters. The number of hydrogen-bond donors (Lipinski definition) is 1. The summed E-state index contributed by atoms with van der Waals surface area (Å²) in [5.74, 6) is 2.57. The van der Waals surface area contributed by atoms with Crippen molar-refractivity contribution in [3.8, 4) is 0 Å². The molecule has 0 amide bonds. The largest absolute Gasteiger partial charge is 0.371 e. The van der Waals surface area contributed by atoms with Crippen molar-refractivity contribution in [2.24, 2.45) is 0 Å². The first kappa shape index (κ1) is 13.8. The van der Waals surface area contributed by atoms with Crippen LogP contribution in [0.3, 0.4) is 0 Å². The molecule has 18 heavy (non-hydrogen) atoms. The normalized spacial score (nSPS) is 16.9. The van der Waals surface area contributed by atoms with Gasteiger partial charge < -0.3 is 10.2 Å². The van der Waals surface area contributed by atoms with Crippen molar-refractivity contribution in [1.82, 2.24) is 5.32 Å². The molecular formula is C15H24N2S. The minimum atomic E-state index is 0.548. The second-order valence-electron chi connectivity index (χ2n) is 5.16. The summed E-state index contributed by atoms with van der Waals surface area (Å²) in [5.41, 5.74) is 2.75. The summed E-state index contributed by atoms with van der Waals surface area (Å²) in [6, 6.07) is 9.60. The number of rotatable bonds is 4. The van der Waals surface area contributed by atoms with E-state index in [4.69, 9.17) is 0 Å². The van der Waals surface area contributed by atoms with E-state index in [1.807, 2.05) is 0 Å². The van der Waals surface area contributed by atoms with Gasteiger partial charge in [-0.05, 0) is 29.9 Å². The van der Waals surface area contributed by atoms with Crippen molar-refractivity contribution < 1.29 is 0 Å². The molecule has 0 aliphatic carbocycles. The summed E-state index contributed by atoms with van der Waals surface area (Å²) in [4.78, 5) is 2.51. The molecule has 0 spiro atoms. The van der Waals surface area contributed by atoms with Crippen LogP contribution in [0.1, 0.15) is 25.8 Å². The number of nitrogens with one attached hydrogen (secondary N) is 1. The summed E-state index contributed by atoms with van der Waals surface area (Å²) in [6.45, 7) is 7.73. The Bertz CT molecular complexity index is 340. The second-order valence-corrected chi connectivity index (χ2v) is 6.38. The lowest BCUT2D eigenvalue weighted by molar-refractivity contribution is 0.589.